The van der Waals surface area contributed by atoms with Crippen molar-refractivity contribution in [3.63, 3.8) is 0 Å². The second-order valence-corrected chi connectivity index (χ2v) is 5.60. The quantitative estimate of drug-likeness (QED) is 0.750. The Kier molecular flexibility index (Phi) is 2.74. The zero-order valence-electron chi connectivity index (χ0n) is 12.4. The predicted molar refractivity (Wildman–Crippen MR) is 83.3 cm³/mol. The number of fused-ring (bicyclic) bond motifs is 2. The molecular formula is C17H13N3O3. The summed E-state index contributed by atoms with van der Waals surface area (Å²) in [6, 6.07) is 9.31. The summed E-state index contributed by atoms with van der Waals surface area (Å²) in [5.74, 6) is -0.471. The first-order chi connectivity index (χ1) is 11.1. The zero-order chi connectivity index (χ0) is 16.1. The molecule has 0 fully saturated rings. The number of aromatic nitrogens is 2. The summed E-state index contributed by atoms with van der Waals surface area (Å²) in [6.45, 7) is 2.06. The average molecular weight is 307 g/mol. The minimum atomic E-state index is -1.23. The van der Waals surface area contributed by atoms with Crippen LogP contribution in [0.3, 0.4) is 0 Å². The molecular weight excluding hydrogens is 294 g/mol. The first-order valence-electron chi connectivity index (χ1n) is 7.17. The Morgan fingerprint density at radius 2 is 1.96 bits per heavy atom. The summed E-state index contributed by atoms with van der Waals surface area (Å²) in [4.78, 5) is 24.2. The smallest absolute Gasteiger partial charge is 0.414 e. The number of amides is 2. The lowest BCUT2D eigenvalue weighted by Crippen LogP contribution is -2.29. The third-order valence-corrected chi connectivity index (χ3v) is 4.15. The van der Waals surface area contributed by atoms with Crippen LogP contribution < -0.4 is 0 Å². The van der Waals surface area contributed by atoms with E-state index in [0.29, 0.717) is 5.56 Å². The maximum absolute atomic E-state index is 12.2. The summed E-state index contributed by atoms with van der Waals surface area (Å²) in [6.07, 6.45) is 2.45. The Morgan fingerprint density at radius 1 is 1.17 bits per heavy atom. The molecule has 2 amide bonds. The molecule has 0 aliphatic carbocycles. The molecule has 0 bridgehead atoms. The molecule has 0 atom stereocenters. The van der Waals surface area contributed by atoms with E-state index in [1.165, 1.54) is 0 Å². The van der Waals surface area contributed by atoms with Crippen molar-refractivity contribution in [2.75, 3.05) is 0 Å². The van der Waals surface area contributed by atoms with E-state index < -0.39 is 12.0 Å². The van der Waals surface area contributed by atoms with Gasteiger partial charge in [0.05, 0.1) is 18.3 Å². The lowest BCUT2D eigenvalue weighted by Gasteiger charge is -2.08. The second-order valence-electron chi connectivity index (χ2n) is 5.60. The molecule has 1 aliphatic heterocycles. The fourth-order valence-electron chi connectivity index (χ4n) is 3.03. The zero-order valence-corrected chi connectivity index (χ0v) is 12.4. The van der Waals surface area contributed by atoms with Crippen LogP contribution in [-0.2, 0) is 6.54 Å². The standard InChI is InChI=1S/C17H13N3O3/c1-10-5-6-15-13(7-18-20(15)8-10)11-3-2-4-12-14(11)9-19(16(12)21)17(22)23/h2-8H,9H2,1H3,(H,22,23). The van der Waals surface area contributed by atoms with E-state index in [1.54, 1.807) is 22.8 Å². The number of carboxylic acid groups (broad SMARTS) is 1. The van der Waals surface area contributed by atoms with Gasteiger partial charge in [0.2, 0.25) is 0 Å². The molecule has 1 aliphatic rings. The normalized spacial score (nSPS) is 13.6. The van der Waals surface area contributed by atoms with E-state index in [2.05, 4.69) is 5.10 Å². The molecule has 0 saturated carbocycles. The molecule has 1 aromatic carbocycles. The largest absolute Gasteiger partial charge is 0.465 e. The van der Waals surface area contributed by atoms with E-state index in [4.69, 9.17) is 5.11 Å². The minimum absolute atomic E-state index is 0.0723. The lowest BCUT2D eigenvalue weighted by atomic mass is 9.98. The fraction of sp³-hybridized carbons (Fsp3) is 0.118. The Labute approximate surface area is 131 Å². The van der Waals surface area contributed by atoms with E-state index in [9.17, 15) is 9.59 Å². The van der Waals surface area contributed by atoms with Crippen molar-refractivity contribution >= 4 is 17.5 Å². The van der Waals surface area contributed by atoms with E-state index >= 15 is 0 Å². The van der Waals surface area contributed by atoms with Crippen molar-refractivity contribution < 1.29 is 14.7 Å². The van der Waals surface area contributed by atoms with Gasteiger partial charge in [0.1, 0.15) is 0 Å². The van der Waals surface area contributed by atoms with Crippen LogP contribution in [0.5, 0.6) is 0 Å². The molecule has 114 valence electrons. The van der Waals surface area contributed by atoms with Crippen LogP contribution >= 0.6 is 0 Å². The van der Waals surface area contributed by atoms with Gasteiger partial charge in [0.15, 0.2) is 0 Å². The van der Waals surface area contributed by atoms with Gasteiger partial charge in [-0.1, -0.05) is 18.2 Å². The number of nitrogens with zero attached hydrogens (tertiary/aromatic N) is 3. The Balaban J connectivity index is 1.92. The molecule has 6 nitrogen and oxygen atoms in total. The summed E-state index contributed by atoms with van der Waals surface area (Å²) in [5.41, 5.74) is 4.93. The van der Waals surface area contributed by atoms with Crippen LogP contribution in [0.4, 0.5) is 4.79 Å². The number of aryl methyl sites for hydroxylation is 1. The van der Waals surface area contributed by atoms with Crippen molar-refractivity contribution in [3.8, 4) is 11.1 Å². The molecule has 0 unspecified atom stereocenters. The molecule has 4 rings (SSSR count). The van der Waals surface area contributed by atoms with Gasteiger partial charge >= 0.3 is 6.09 Å². The van der Waals surface area contributed by atoms with Crippen LogP contribution in [0.1, 0.15) is 21.5 Å². The maximum Gasteiger partial charge on any atom is 0.414 e. The van der Waals surface area contributed by atoms with Gasteiger partial charge in [-0.25, -0.2) is 14.2 Å². The number of hydrogen-bond donors (Lipinski definition) is 1. The highest BCUT2D eigenvalue weighted by molar-refractivity contribution is 6.07. The van der Waals surface area contributed by atoms with Crippen molar-refractivity contribution in [1.29, 1.82) is 0 Å². The number of pyridine rings is 1. The number of carbonyl (C=O) groups is 2. The van der Waals surface area contributed by atoms with Crippen molar-refractivity contribution in [2.24, 2.45) is 0 Å². The predicted octanol–water partition coefficient (Wildman–Crippen LogP) is 2.94. The van der Waals surface area contributed by atoms with E-state index in [0.717, 1.165) is 32.7 Å². The molecule has 0 spiro atoms. The monoisotopic (exact) mass is 307 g/mol. The highest BCUT2D eigenvalue weighted by Gasteiger charge is 2.33. The molecule has 3 aromatic rings. The van der Waals surface area contributed by atoms with Gasteiger partial charge in [-0.15, -0.1) is 0 Å². The molecule has 0 radical (unpaired) electrons. The third-order valence-electron chi connectivity index (χ3n) is 4.15. The SMILES string of the molecule is Cc1ccc2c(-c3cccc4c3CN(C(=O)O)C4=O)cnn2c1. The second kappa shape index (κ2) is 4.67. The summed E-state index contributed by atoms with van der Waals surface area (Å²) in [5, 5.41) is 13.5. The highest BCUT2D eigenvalue weighted by atomic mass is 16.4. The first kappa shape index (κ1) is 13.5. The van der Waals surface area contributed by atoms with Gasteiger partial charge in [0.25, 0.3) is 5.91 Å². The van der Waals surface area contributed by atoms with Gasteiger partial charge in [0, 0.05) is 17.3 Å². The van der Waals surface area contributed by atoms with Crippen LogP contribution in [0.25, 0.3) is 16.6 Å². The van der Waals surface area contributed by atoms with Crippen LogP contribution in [0, 0.1) is 6.92 Å². The number of rotatable bonds is 1. The Bertz CT molecular complexity index is 974. The lowest BCUT2D eigenvalue weighted by molar-refractivity contribution is 0.0764. The fourth-order valence-corrected chi connectivity index (χ4v) is 3.03. The number of imide groups is 1. The molecule has 0 saturated heterocycles. The summed E-state index contributed by atoms with van der Waals surface area (Å²) >= 11 is 0. The van der Waals surface area contributed by atoms with Gasteiger partial charge in [-0.3, -0.25) is 4.79 Å². The maximum atomic E-state index is 12.2. The van der Waals surface area contributed by atoms with Crippen molar-refractivity contribution in [2.45, 2.75) is 13.5 Å². The molecule has 3 heterocycles. The minimum Gasteiger partial charge on any atom is -0.465 e. The first-order valence-corrected chi connectivity index (χ1v) is 7.17. The van der Waals surface area contributed by atoms with E-state index in [-0.39, 0.29) is 6.54 Å². The van der Waals surface area contributed by atoms with Gasteiger partial charge < -0.3 is 5.11 Å². The van der Waals surface area contributed by atoms with Gasteiger partial charge in [-0.2, -0.15) is 5.10 Å². The van der Waals surface area contributed by atoms with Gasteiger partial charge in [-0.05, 0) is 35.7 Å². The summed E-state index contributed by atoms with van der Waals surface area (Å²) < 4.78 is 1.79. The highest BCUT2D eigenvalue weighted by Crippen LogP contribution is 2.34. The molecule has 1 N–H and O–H groups in total. The topological polar surface area (TPSA) is 74.9 Å². The van der Waals surface area contributed by atoms with Crippen LogP contribution in [0.15, 0.2) is 42.7 Å². The number of carbonyl (C=O) groups excluding carboxylic acids is 1. The number of benzene rings is 1. The molecule has 23 heavy (non-hydrogen) atoms. The number of hydrogen-bond acceptors (Lipinski definition) is 3. The molecule has 2 aromatic heterocycles. The Hall–Kier alpha value is -3.15. The van der Waals surface area contributed by atoms with Crippen LogP contribution in [-0.4, -0.2) is 31.6 Å². The molecule has 6 heteroatoms. The summed E-state index contributed by atoms with van der Waals surface area (Å²) in [7, 11) is 0. The third kappa shape index (κ3) is 1.92. The van der Waals surface area contributed by atoms with Crippen LogP contribution in [0.2, 0.25) is 0 Å². The Morgan fingerprint density at radius 3 is 2.74 bits per heavy atom. The van der Waals surface area contributed by atoms with E-state index in [1.807, 2.05) is 31.3 Å². The van der Waals surface area contributed by atoms with Crippen molar-refractivity contribution in [1.82, 2.24) is 14.5 Å². The average Bonchev–Trinajstić information content (AvgIpc) is 3.08. The van der Waals surface area contributed by atoms with Crippen molar-refractivity contribution in [3.05, 3.63) is 59.4 Å².